The zero-order chi connectivity index (χ0) is 11.4. The van der Waals surface area contributed by atoms with E-state index in [0.29, 0.717) is 0 Å². The molecule has 1 aliphatic carbocycles. The standard InChI is InChI=1S/C14H28N2/c1-3-12-7-9-16(10-8-12)14(4-2)11-15-13-5-6-13/h12-15H,3-11H2,1-2H3. The first-order valence-electron chi connectivity index (χ1n) is 7.30. The zero-order valence-electron chi connectivity index (χ0n) is 11.0. The Morgan fingerprint density at radius 1 is 1.12 bits per heavy atom. The number of rotatable bonds is 6. The van der Waals surface area contributed by atoms with E-state index < -0.39 is 0 Å². The molecule has 2 aliphatic rings. The summed E-state index contributed by atoms with van der Waals surface area (Å²) < 4.78 is 0. The highest BCUT2D eigenvalue weighted by Gasteiger charge is 2.26. The topological polar surface area (TPSA) is 15.3 Å². The van der Waals surface area contributed by atoms with Gasteiger partial charge in [0.2, 0.25) is 0 Å². The Kier molecular flexibility index (Phi) is 4.66. The summed E-state index contributed by atoms with van der Waals surface area (Å²) in [5.74, 6) is 1.00. The molecular weight excluding hydrogens is 196 g/mol. The summed E-state index contributed by atoms with van der Waals surface area (Å²) in [6.07, 6.45) is 8.36. The van der Waals surface area contributed by atoms with E-state index in [2.05, 4.69) is 24.1 Å². The summed E-state index contributed by atoms with van der Waals surface area (Å²) in [4.78, 5) is 2.72. The first-order chi connectivity index (χ1) is 7.83. The van der Waals surface area contributed by atoms with Crippen LogP contribution in [-0.2, 0) is 0 Å². The van der Waals surface area contributed by atoms with Crippen LogP contribution in [0.3, 0.4) is 0 Å². The van der Waals surface area contributed by atoms with E-state index in [4.69, 9.17) is 0 Å². The molecule has 2 fully saturated rings. The summed E-state index contributed by atoms with van der Waals surface area (Å²) in [7, 11) is 0. The van der Waals surface area contributed by atoms with Crippen LogP contribution in [0.25, 0.3) is 0 Å². The van der Waals surface area contributed by atoms with E-state index in [0.717, 1.165) is 18.0 Å². The van der Waals surface area contributed by atoms with Crippen LogP contribution in [0.1, 0.15) is 52.4 Å². The minimum Gasteiger partial charge on any atom is -0.312 e. The lowest BCUT2D eigenvalue weighted by molar-refractivity contribution is 0.125. The van der Waals surface area contributed by atoms with Crippen molar-refractivity contribution in [2.24, 2.45) is 5.92 Å². The largest absolute Gasteiger partial charge is 0.312 e. The van der Waals surface area contributed by atoms with Crippen LogP contribution in [0.5, 0.6) is 0 Å². The molecule has 0 radical (unpaired) electrons. The molecule has 1 heterocycles. The maximum Gasteiger partial charge on any atom is 0.0218 e. The normalized spacial score (nSPS) is 25.9. The molecule has 2 heteroatoms. The molecule has 1 saturated heterocycles. The smallest absolute Gasteiger partial charge is 0.0218 e. The van der Waals surface area contributed by atoms with Crippen molar-refractivity contribution in [1.82, 2.24) is 10.2 Å². The second kappa shape index (κ2) is 6.02. The van der Waals surface area contributed by atoms with Gasteiger partial charge in [0.05, 0.1) is 0 Å². The summed E-state index contributed by atoms with van der Waals surface area (Å²) in [5.41, 5.74) is 0. The minimum absolute atomic E-state index is 0.790. The van der Waals surface area contributed by atoms with Crippen LogP contribution in [0, 0.1) is 5.92 Å². The number of piperidine rings is 1. The average Bonchev–Trinajstić information content (AvgIpc) is 3.15. The van der Waals surface area contributed by atoms with Crippen molar-refractivity contribution in [3.63, 3.8) is 0 Å². The van der Waals surface area contributed by atoms with Crippen molar-refractivity contribution in [3.8, 4) is 0 Å². The van der Waals surface area contributed by atoms with Gasteiger partial charge in [-0.25, -0.2) is 0 Å². The predicted octanol–water partition coefficient (Wildman–Crippen LogP) is 2.64. The van der Waals surface area contributed by atoms with Gasteiger partial charge in [0.25, 0.3) is 0 Å². The number of nitrogens with one attached hydrogen (secondary N) is 1. The highest BCUT2D eigenvalue weighted by Crippen LogP contribution is 2.23. The van der Waals surface area contributed by atoms with Crippen molar-refractivity contribution in [2.75, 3.05) is 19.6 Å². The molecule has 1 saturated carbocycles. The first-order valence-corrected chi connectivity index (χ1v) is 7.30. The number of hydrogen-bond acceptors (Lipinski definition) is 2. The van der Waals surface area contributed by atoms with Gasteiger partial charge in [0.15, 0.2) is 0 Å². The van der Waals surface area contributed by atoms with E-state index in [1.165, 1.54) is 58.2 Å². The Balaban J connectivity index is 1.71. The van der Waals surface area contributed by atoms with Gasteiger partial charge in [-0.1, -0.05) is 20.3 Å². The molecule has 1 N–H and O–H groups in total. The van der Waals surface area contributed by atoms with Gasteiger partial charge in [0, 0.05) is 18.6 Å². The lowest BCUT2D eigenvalue weighted by Gasteiger charge is -2.37. The number of hydrogen-bond donors (Lipinski definition) is 1. The highest BCUT2D eigenvalue weighted by molar-refractivity contribution is 4.85. The van der Waals surface area contributed by atoms with Gasteiger partial charge < -0.3 is 5.32 Å². The lowest BCUT2D eigenvalue weighted by Crippen LogP contribution is -2.46. The molecule has 0 amide bonds. The molecule has 1 aliphatic heterocycles. The second-order valence-corrected chi connectivity index (χ2v) is 5.63. The quantitative estimate of drug-likeness (QED) is 0.746. The molecule has 1 atom stereocenters. The Labute approximate surface area is 101 Å². The fourth-order valence-electron chi connectivity index (χ4n) is 2.85. The predicted molar refractivity (Wildman–Crippen MR) is 69.7 cm³/mol. The van der Waals surface area contributed by atoms with Gasteiger partial charge >= 0.3 is 0 Å². The maximum atomic E-state index is 3.69. The molecule has 0 aromatic heterocycles. The highest BCUT2D eigenvalue weighted by atomic mass is 15.2. The monoisotopic (exact) mass is 224 g/mol. The molecule has 1 unspecified atom stereocenters. The molecular formula is C14H28N2. The molecule has 2 nitrogen and oxygen atoms in total. The lowest BCUT2D eigenvalue weighted by atomic mass is 9.93. The molecule has 0 spiro atoms. The van der Waals surface area contributed by atoms with Gasteiger partial charge in [-0.2, -0.15) is 0 Å². The molecule has 94 valence electrons. The Morgan fingerprint density at radius 3 is 2.31 bits per heavy atom. The fourth-order valence-corrected chi connectivity index (χ4v) is 2.85. The van der Waals surface area contributed by atoms with Crippen LogP contribution >= 0.6 is 0 Å². The number of likely N-dealkylation sites (tertiary alicyclic amines) is 1. The Bertz CT molecular complexity index is 193. The van der Waals surface area contributed by atoms with Crippen LogP contribution in [0.15, 0.2) is 0 Å². The van der Waals surface area contributed by atoms with Crippen molar-refractivity contribution in [1.29, 1.82) is 0 Å². The summed E-state index contributed by atoms with van der Waals surface area (Å²) in [6.45, 7) is 8.57. The Hall–Kier alpha value is -0.0800. The van der Waals surface area contributed by atoms with Gasteiger partial charge in [-0.15, -0.1) is 0 Å². The van der Waals surface area contributed by atoms with E-state index >= 15 is 0 Å². The summed E-state index contributed by atoms with van der Waals surface area (Å²) in [6, 6.07) is 1.65. The van der Waals surface area contributed by atoms with Gasteiger partial charge in [0.1, 0.15) is 0 Å². The van der Waals surface area contributed by atoms with Crippen LogP contribution in [0.2, 0.25) is 0 Å². The van der Waals surface area contributed by atoms with Crippen LogP contribution < -0.4 is 5.32 Å². The Morgan fingerprint density at radius 2 is 1.81 bits per heavy atom. The third kappa shape index (κ3) is 3.46. The van der Waals surface area contributed by atoms with Crippen LogP contribution in [-0.4, -0.2) is 36.6 Å². The van der Waals surface area contributed by atoms with E-state index in [1.807, 2.05) is 0 Å². The summed E-state index contributed by atoms with van der Waals surface area (Å²) >= 11 is 0. The van der Waals surface area contributed by atoms with Gasteiger partial charge in [-0.3, -0.25) is 4.90 Å². The van der Waals surface area contributed by atoms with Crippen molar-refractivity contribution in [3.05, 3.63) is 0 Å². The van der Waals surface area contributed by atoms with Crippen LogP contribution in [0.4, 0.5) is 0 Å². The van der Waals surface area contributed by atoms with Crippen molar-refractivity contribution < 1.29 is 0 Å². The summed E-state index contributed by atoms with van der Waals surface area (Å²) in [5, 5.41) is 3.69. The average molecular weight is 224 g/mol. The molecule has 0 bridgehead atoms. The third-order valence-electron chi connectivity index (χ3n) is 4.43. The second-order valence-electron chi connectivity index (χ2n) is 5.63. The van der Waals surface area contributed by atoms with Crippen molar-refractivity contribution >= 4 is 0 Å². The van der Waals surface area contributed by atoms with E-state index in [1.54, 1.807) is 0 Å². The molecule has 16 heavy (non-hydrogen) atoms. The van der Waals surface area contributed by atoms with E-state index in [-0.39, 0.29) is 0 Å². The molecule has 0 aromatic carbocycles. The fraction of sp³-hybridized carbons (Fsp3) is 1.00. The minimum atomic E-state index is 0.790. The van der Waals surface area contributed by atoms with Gasteiger partial charge in [-0.05, 0) is 51.1 Å². The van der Waals surface area contributed by atoms with Crippen molar-refractivity contribution in [2.45, 2.75) is 64.5 Å². The molecule has 0 aromatic rings. The number of nitrogens with zero attached hydrogens (tertiary/aromatic N) is 1. The third-order valence-corrected chi connectivity index (χ3v) is 4.43. The zero-order valence-corrected chi connectivity index (χ0v) is 11.0. The molecule has 2 rings (SSSR count). The maximum absolute atomic E-state index is 3.69. The SMILES string of the molecule is CCC1CCN(C(CC)CNC2CC2)CC1. The van der Waals surface area contributed by atoms with E-state index in [9.17, 15) is 0 Å². The first kappa shape index (κ1) is 12.4.